The number of hydrogen-bond donors (Lipinski definition) is 2. The Labute approximate surface area is 146 Å². The first-order valence-corrected chi connectivity index (χ1v) is 9.15. The van der Waals surface area contributed by atoms with Gasteiger partial charge in [0.1, 0.15) is 6.04 Å². The number of nitrogens with one attached hydrogen (secondary N) is 2. The molecule has 0 saturated carbocycles. The summed E-state index contributed by atoms with van der Waals surface area (Å²) >= 11 is 0. The number of hydrogen-bond acceptors (Lipinski definition) is 5. The van der Waals surface area contributed by atoms with Crippen molar-refractivity contribution < 1.29 is 14.3 Å². The summed E-state index contributed by atoms with van der Waals surface area (Å²) in [6.07, 6.45) is 4.00. The van der Waals surface area contributed by atoms with Gasteiger partial charge >= 0.3 is 0 Å². The first-order valence-electron chi connectivity index (χ1n) is 9.15. The molecule has 0 unspecified atom stereocenters. The summed E-state index contributed by atoms with van der Waals surface area (Å²) in [5.41, 5.74) is 1.87. The largest absolute Gasteiger partial charge is 0.378 e. The number of piperidine rings is 1. The van der Waals surface area contributed by atoms with Gasteiger partial charge in [0.15, 0.2) is 0 Å². The summed E-state index contributed by atoms with van der Waals surface area (Å²) in [4.78, 5) is 36.7. The molecule has 0 bridgehead atoms. The van der Waals surface area contributed by atoms with Crippen LogP contribution in [0, 0.1) is 5.92 Å². The van der Waals surface area contributed by atoms with Crippen LogP contribution in [0.4, 0.5) is 0 Å². The number of rotatable bonds is 2. The van der Waals surface area contributed by atoms with Gasteiger partial charge in [0.25, 0.3) is 0 Å². The number of fused-ring (bicyclic) bond motifs is 1. The van der Waals surface area contributed by atoms with Crippen LogP contribution in [0.15, 0.2) is 6.33 Å². The monoisotopic (exact) mass is 347 g/mol. The van der Waals surface area contributed by atoms with Gasteiger partial charge in [-0.25, -0.2) is 4.98 Å². The molecule has 1 atom stereocenters. The first kappa shape index (κ1) is 16.5. The molecular weight excluding hydrogens is 322 g/mol. The molecule has 8 heteroatoms. The maximum atomic E-state index is 12.9. The second kappa shape index (κ2) is 7.13. The highest BCUT2D eigenvalue weighted by molar-refractivity contribution is 5.84. The van der Waals surface area contributed by atoms with Crippen molar-refractivity contribution >= 4 is 11.8 Å². The van der Waals surface area contributed by atoms with Crippen LogP contribution in [-0.4, -0.2) is 77.5 Å². The zero-order valence-electron chi connectivity index (χ0n) is 14.4. The minimum absolute atomic E-state index is 0.0300. The summed E-state index contributed by atoms with van der Waals surface area (Å²) in [6.45, 7) is 4.68. The topological polar surface area (TPSA) is 90.6 Å². The molecule has 4 heterocycles. The van der Waals surface area contributed by atoms with E-state index in [1.54, 1.807) is 6.33 Å². The molecule has 3 aliphatic heterocycles. The number of imidazole rings is 1. The van der Waals surface area contributed by atoms with Crippen molar-refractivity contribution in [2.75, 3.05) is 45.9 Å². The summed E-state index contributed by atoms with van der Waals surface area (Å²) < 4.78 is 5.31. The van der Waals surface area contributed by atoms with Crippen molar-refractivity contribution in [2.24, 2.45) is 5.92 Å². The lowest BCUT2D eigenvalue weighted by atomic mass is 9.94. The second-order valence-electron chi connectivity index (χ2n) is 6.94. The molecule has 0 spiro atoms. The Morgan fingerprint density at radius 2 is 1.80 bits per heavy atom. The molecule has 136 valence electrons. The maximum absolute atomic E-state index is 12.9. The van der Waals surface area contributed by atoms with E-state index in [1.807, 2.05) is 9.80 Å². The van der Waals surface area contributed by atoms with Crippen molar-refractivity contribution in [1.29, 1.82) is 0 Å². The normalized spacial score (nSPS) is 24.9. The molecule has 8 nitrogen and oxygen atoms in total. The average molecular weight is 347 g/mol. The van der Waals surface area contributed by atoms with Crippen LogP contribution in [0.5, 0.6) is 0 Å². The van der Waals surface area contributed by atoms with Gasteiger partial charge in [-0.2, -0.15) is 0 Å². The molecule has 25 heavy (non-hydrogen) atoms. The van der Waals surface area contributed by atoms with Crippen LogP contribution in [0.3, 0.4) is 0 Å². The molecule has 2 N–H and O–H groups in total. The van der Waals surface area contributed by atoms with Gasteiger partial charge in [0.05, 0.1) is 25.2 Å². The fourth-order valence-corrected chi connectivity index (χ4v) is 3.99. The Morgan fingerprint density at radius 3 is 2.56 bits per heavy atom. The SMILES string of the molecule is O=C(C1CCN(C(=O)[C@@H]2NCCc3[nH]cnc32)CC1)N1CCOCC1. The van der Waals surface area contributed by atoms with Crippen LogP contribution < -0.4 is 5.32 Å². The van der Waals surface area contributed by atoms with Gasteiger partial charge in [0.2, 0.25) is 11.8 Å². The molecule has 2 amide bonds. The van der Waals surface area contributed by atoms with E-state index in [-0.39, 0.29) is 23.8 Å². The van der Waals surface area contributed by atoms with Gasteiger partial charge in [0, 0.05) is 50.8 Å². The Bertz CT molecular complexity index is 632. The number of nitrogens with zero attached hydrogens (tertiary/aromatic N) is 3. The van der Waals surface area contributed by atoms with E-state index in [1.165, 1.54) is 0 Å². The quantitative estimate of drug-likeness (QED) is 0.766. The minimum Gasteiger partial charge on any atom is -0.378 e. The lowest BCUT2D eigenvalue weighted by Gasteiger charge is -2.37. The Kier molecular flexibility index (Phi) is 4.72. The number of aromatic amines is 1. The van der Waals surface area contributed by atoms with Crippen LogP contribution in [0.25, 0.3) is 0 Å². The molecule has 2 fully saturated rings. The van der Waals surface area contributed by atoms with E-state index < -0.39 is 0 Å². The number of morpholine rings is 1. The van der Waals surface area contributed by atoms with Crippen molar-refractivity contribution in [3.05, 3.63) is 17.7 Å². The molecule has 2 saturated heterocycles. The van der Waals surface area contributed by atoms with Crippen LogP contribution in [0.2, 0.25) is 0 Å². The van der Waals surface area contributed by atoms with Gasteiger partial charge in [-0.05, 0) is 12.8 Å². The molecule has 4 rings (SSSR count). The highest BCUT2D eigenvalue weighted by atomic mass is 16.5. The van der Waals surface area contributed by atoms with Crippen LogP contribution in [-0.2, 0) is 20.7 Å². The smallest absolute Gasteiger partial charge is 0.246 e. The van der Waals surface area contributed by atoms with E-state index >= 15 is 0 Å². The third-order valence-electron chi connectivity index (χ3n) is 5.47. The summed E-state index contributed by atoms with van der Waals surface area (Å²) in [5.74, 6) is 0.327. The number of likely N-dealkylation sites (tertiary alicyclic amines) is 1. The van der Waals surface area contributed by atoms with Gasteiger partial charge < -0.3 is 24.8 Å². The van der Waals surface area contributed by atoms with Gasteiger partial charge in [-0.1, -0.05) is 0 Å². The lowest BCUT2D eigenvalue weighted by Crippen LogP contribution is -2.50. The predicted octanol–water partition coefficient (Wildman–Crippen LogP) is -0.306. The number of ether oxygens (including phenoxy) is 1. The number of carbonyl (C=O) groups excluding carboxylic acids is 2. The Balaban J connectivity index is 1.34. The molecule has 3 aliphatic rings. The standard InChI is InChI=1S/C17H25N5O3/c23-16(22-7-9-25-10-8-22)12-2-5-21(6-3-12)17(24)15-14-13(1-4-18-15)19-11-20-14/h11-12,15,18H,1-10H2,(H,19,20)/t15-/m1/s1. The van der Waals surface area contributed by atoms with Crippen molar-refractivity contribution in [2.45, 2.75) is 25.3 Å². The fourth-order valence-electron chi connectivity index (χ4n) is 3.99. The van der Waals surface area contributed by atoms with Crippen molar-refractivity contribution in [3.63, 3.8) is 0 Å². The van der Waals surface area contributed by atoms with Crippen LogP contribution >= 0.6 is 0 Å². The molecule has 0 aromatic carbocycles. The third kappa shape index (κ3) is 3.28. The van der Waals surface area contributed by atoms with E-state index in [0.29, 0.717) is 39.4 Å². The van der Waals surface area contributed by atoms with E-state index in [4.69, 9.17) is 4.74 Å². The van der Waals surface area contributed by atoms with Crippen LogP contribution in [0.1, 0.15) is 30.3 Å². The lowest BCUT2D eigenvalue weighted by molar-refractivity contribution is -0.144. The Morgan fingerprint density at radius 1 is 1.08 bits per heavy atom. The highest BCUT2D eigenvalue weighted by Crippen LogP contribution is 2.25. The zero-order valence-corrected chi connectivity index (χ0v) is 14.4. The zero-order chi connectivity index (χ0) is 17.2. The molecule has 0 radical (unpaired) electrons. The fraction of sp³-hybridized carbons (Fsp3) is 0.706. The molecule has 1 aromatic rings. The average Bonchev–Trinajstić information content (AvgIpc) is 3.16. The second-order valence-corrected chi connectivity index (χ2v) is 6.94. The number of aromatic nitrogens is 2. The predicted molar refractivity (Wildman–Crippen MR) is 89.7 cm³/mol. The maximum Gasteiger partial charge on any atom is 0.246 e. The van der Waals surface area contributed by atoms with Gasteiger partial charge in [-0.15, -0.1) is 0 Å². The Hall–Kier alpha value is -1.93. The third-order valence-corrected chi connectivity index (χ3v) is 5.47. The van der Waals surface area contributed by atoms with E-state index in [9.17, 15) is 9.59 Å². The van der Waals surface area contributed by atoms with E-state index in [0.717, 1.165) is 37.2 Å². The number of amides is 2. The van der Waals surface area contributed by atoms with Gasteiger partial charge in [-0.3, -0.25) is 9.59 Å². The summed E-state index contributed by atoms with van der Waals surface area (Å²) in [7, 11) is 0. The first-order chi connectivity index (χ1) is 12.2. The molecule has 1 aromatic heterocycles. The van der Waals surface area contributed by atoms with Crippen molar-refractivity contribution in [3.8, 4) is 0 Å². The number of carbonyl (C=O) groups is 2. The highest BCUT2D eigenvalue weighted by Gasteiger charge is 2.35. The van der Waals surface area contributed by atoms with Crippen molar-refractivity contribution in [1.82, 2.24) is 25.1 Å². The number of H-pyrrole nitrogens is 1. The molecule has 0 aliphatic carbocycles. The molecular formula is C17H25N5O3. The summed E-state index contributed by atoms with van der Waals surface area (Å²) in [5, 5.41) is 3.28. The van der Waals surface area contributed by atoms with E-state index in [2.05, 4.69) is 15.3 Å². The summed E-state index contributed by atoms with van der Waals surface area (Å²) in [6, 6.07) is -0.360. The minimum atomic E-state index is -0.360.